The summed E-state index contributed by atoms with van der Waals surface area (Å²) < 4.78 is 0. The fraction of sp³-hybridized carbons (Fsp3) is 0.417. The zero-order valence-corrected chi connectivity index (χ0v) is 9.16. The van der Waals surface area contributed by atoms with E-state index >= 15 is 0 Å². The monoisotopic (exact) mass is 204 g/mol. The second-order valence-electron chi connectivity index (χ2n) is 4.14. The Morgan fingerprint density at radius 2 is 2.00 bits per heavy atom. The number of nitrogens with zero attached hydrogens (tertiary/aromatic N) is 1. The highest BCUT2D eigenvalue weighted by molar-refractivity contribution is 5.82. The zero-order chi connectivity index (χ0) is 10.8. The fourth-order valence-electron chi connectivity index (χ4n) is 1.94. The molecule has 1 atom stereocenters. The maximum absolute atomic E-state index is 11.8. The van der Waals surface area contributed by atoms with E-state index < -0.39 is 0 Å². The topological polar surface area (TPSA) is 32.3 Å². The Bertz CT molecular complexity index is 374. The van der Waals surface area contributed by atoms with Gasteiger partial charge in [0, 0.05) is 20.6 Å². The molecule has 3 heteroatoms. The lowest BCUT2D eigenvalue weighted by molar-refractivity contribution is -0.131. The van der Waals surface area contributed by atoms with Crippen molar-refractivity contribution in [2.45, 2.75) is 19.0 Å². The molecule has 1 aromatic carbocycles. The second kappa shape index (κ2) is 4.03. The van der Waals surface area contributed by atoms with E-state index in [1.807, 2.05) is 12.1 Å². The molecule has 1 aliphatic heterocycles. The average Bonchev–Trinajstić information content (AvgIpc) is 2.27. The van der Waals surface area contributed by atoms with Crippen LogP contribution in [0.25, 0.3) is 0 Å². The number of likely N-dealkylation sites (N-methyl/N-ethyl adjacent to an activating group) is 1. The molecule has 0 bridgehead atoms. The molecule has 0 aliphatic carbocycles. The third-order valence-electron chi connectivity index (χ3n) is 2.82. The van der Waals surface area contributed by atoms with E-state index in [9.17, 15) is 4.79 Å². The SMILES string of the molecule is CN(C)C(=O)C1Cc2ccccc2CN1. The van der Waals surface area contributed by atoms with Crippen LogP contribution in [0.15, 0.2) is 24.3 Å². The Morgan fingerprint density at radius 3 is 2.67 bits per heavy atom. The van der Waals surface area contributed by atoms with Crippen molar-refractivity contribution in [2.75, 3.05) is 14.1 Å². The van der Waals surface area contributed by atoms with Gasteiger partial charge in [-0.25, -0.2) is 0 Å². The number of carbonyl (C=O) groups is 1. The number of carbonyl (C=O) groups excluding carboxylic acids is 1. The summed E-state index contributed by atoms with van der Waals surface area (Å²) in [5, 5.41) is 3.27. The summed E-state index contributed by atoms with van der Waals surface area (Å²) >= 11 is 0. The molecule has 1 aromatic rings. The van der Waals surface area contributed by atoms with Gasteiger partial charge in [0.25, 0.3) is 0 Å². The number of hydrogen-bond donors (Lipinski definition) is 1. The molecular formula is C12H16N2O. The van der Waals surface area contributed by atoms with Gasteiger partial charge in [-0.05, 0) is 17.5 Å². The first-order valence-corrected chi connectivity index (χ1v) is 5.20. The van der Waals surface area contributed by atoms with E-state index in [1.165, 1.54) is 11.1 Å². The molecule has 1 amide bonds. The average molecular weight is 204 g/mol. The molecule has 1 unspecified atom stereocenters. The van der Waals surface area contributed by atoms with Crippen LogP contribution in [0.5, 0.6) is 0 Å². The molecule has 15 heavy (non-hydrogen) atoms. The maximum Gasteiger partial charge on any atom is 0.239 e. The third kappa shape index (κ3) is 2.02. The fourth-order valence-corrected chi connectivity index (χ4v) is 1.94. The van der Waals surface area contributed by atoms with Crippen LogP contribution in [0.2, 0.25) is 0 Å². The van der Waals surface area contributed by atoms with E-state index in [4.69, 9.17) is 0 Å². The van der Waals surface area contributed by atoms with E-state index in [0.717, 1.165) is 13.0 Å². The van der Waals surface area contributed by atoms with Crippen molar-refractivity contribution >= 4 is 5.91 Å². The van der Waals surface area contributed by atoms with Crippen molar-refractivity contribution in [3.8, 4) is 0 Å². The normalized spacial score (nSPS) is 19.5. The number of amides is 1. The van der Waals surface area contributed by atoms with Crippen LogP contribution >= 0.6 is 0 Å². The standard InChI is InChI=1S/C12H16N2O/c1-14(2)12(15)11-7-9-5-3-4-6-10(9)8-13-11/h3-6,11,13H,7-8H2,1-2H3. The summed E-state index contributed by atoms with van der Waals surface area (Å²) in [5.74, 6) is 0.157. The lowest BCUT2D eigenvalue weighted by Crippen LogP contribution is -2.47. The van der Waals surface area contributed by atoms with Crippen LogP contribution in [0, 0.1) is 0 Å². The minimum atomic E-state index is -0.0603. The highest BCUT2D eigenvalue weighted by Crippen LogP contribution is 2.16. The first-order valence-electron chi connectivity index (χ1n) is 5.20. The van der Waals surface area contributed by atoms with Crippen LogP contribution in [-0.2, 0) is 17.8 Å². The van der Waals surface area contributed by atoms with Gasteiger partial charge in [-0.1, -0.05) is 24.3 Å². The van der Waals surface area contributed by atoms with Crippen molar-refractivity contribution in [1.29, 1.82) is 0 Å². The van der Waals surface area contributed by atoms with Crippen molar-refractivity contribution in [3.63, 3.8) is 0 Å². The molecule has 0 radical (unpaired) electrons. The van der Waals surface area contributed by atoms with Crippen LogP contribution < -0.4 is 5.32 Å². The maximum atomic E-state index is 11.8. The number of benzene rings is 1. The number of rotatable bonds is 1. The number of fused-ring (bicyclic) bond motifs is 1. The van der Waals surface area contributed by atoms with Gasteiger partial charge in [0.05, 0.1) is 6.04 Å². The van der Waals surface area contributed by atoms with Gasteiger partial charge in [-0.15, -0.1) is 0 Å². The molecule has 0 saturated carbocycles. The van der Waals surface area contributed by atoms with Gasteiger partial charge in [0.15, 0.2) is 0 Å². The summed E-state index contributed by atoms with van der Waals surface area (Å²) in [6.07, 6.45) is 0.799. The summed E-state index contributed by atoms with van der Waals surface area (Å²) in [7, 11) is 3.59. The molecule has 2 rings (SSSR count). The predicted molar refractivity (Wildman–Crippen MR) is 59.5 cm³/mol. The summed E-state index contributed by atoms with van der Waals surface area (Å²) in [6, 6.07) is 8.22. The van der Waals surface area contributed by atoms with Gasteiger partial charge in [-0.2, -0.15) is 0 Å². The molecule has 1 aliphatic rings. The lowest BCUT2D eigenvalue weighted by atomic mass is 9.95. The van der Waals surface area contributed by atoms with Gasteiger partial charge in [0.2, 0.25) is 5.91 Å². The molecule has 0 spiro atoms. The summed E-state index contributed by atoms with van der Waals surface area (Å²) in [6.45, 7) is 0.792. The smallest absolute Gasteiger partial charge is 0.239 e. The van der Waals surface area contributed by atoms with E-state index in [2.05, 4.69) is 17.4 Å². The van der Waals surface area contributed by atoms with Crippen molar-refractivity contribution in [2.24, 2.45) is 0 Å². The minimum absolute atomic E-state index is 0.0603. The molecule has 1 N–H and O–H groups in total. The van der Waals surface area contributed by atoms with E-state index in [-0.39, 0.29) is 11.9 Å². The molecule has 0 saturated heterocycles. The van der Waals surface area contributed by atoms with Crippen molar-refractivity contribution < 1.29 is 4.79 Å². The Labute approximate surface area is 90.1 Å². The second-order valence-corrected chi connectivity index (χ2v) is 4.14. The first-order chi connectivity index (χ1) is 7.18. The lowest BCUT2D eigenvalue weighted by Gasteiger charge is -2.27. The Balaban J connectivity index is 2.15. The van der Waals surface area contributed by atoms with Gasteiger partial charge in [-0.3, -0.25) is 4.79 Å². The van der Waals surface area contributed by atoms with Crippen molar-refractivity contribution in [3.05, 3.63) is 35.4 Å². The van der Waals surface area contributed by atoms with Gasteiger partial charge < -0.3 is 10.2 Å². The van der Waals surface area contributed by atoms with Gasteiger partial charge in [0.1, 0.15) is 0 Å². The van der Waals surface area contributed by atoms with E-state index in [1.54, 1.807) is 19.0 Å². The molecular weight excluding hydrogens is 188 g/mol. The summed E-state index contributed by atoms with van der Waals surface area (Å²) in [4.78, 5) is 13.4. The molecule has 0 fully saturated rings. The Hall–Kier alpha value is -1.35. The van der Waals surface area contributed by atoms with E-state index in [0.29, 0.717) is 0 Å². The highest BCUT2D eigenvalue weighted by Gasteiger charge is 2.24. The minimum Gasteiger partial charge on any atom is -0.347 e. The van der Waals surface area contributed by atoms with Crippen LogP contribution in [0.4, 0.5) is 0 Å². The van der Waals surface area contributed by atoms with Crippen molar-refractivity contribution in [1.82, 2.24) is 10.2 Å². The molecule has 0 aromatic heterocycles. The molecule has 1 heterocycles. The highest BCUT2D eigenvalue weighted by atomic mass is 16.2. The first kappa shape index (κ1) is 10.2. The largest absolute Gasteiger partial charge is 0.347 e. The Kier molecular flexibility index (Phi) is 2.73. The van der Waals surface area contributed by atoms with Gasteiger partial charge >= 0.3 is 0 Å². The van der Waals surface area contributed by atoms with Crippen LogP contribution in [-0.4, -0.2) is 30.9 Å². The quantitative estimate of drug-likeness (QED) is 0.733. The van der Waals surface area contributed by atoms with Crippen LogP contribution in [0.3, 0.4) is 0 Å². The number of hydrogen-bond acceptors (Lipinski definition) is 2. The Morgan fingerprint density at radius 1 is 1.33 bits per heavy atom. The zero-order valence-electron chi connectivity index (χ0n) is 9.16. The summed E-state index contributed by atoms with van der Waals surface area (Å²) in [5.41, 5.74) is 2.59. The number of nitrogens with one attached hydrogen (secondary N) is 1. The molecule has 80 valence electrons. The molecule has 3 nitrogen and oxygen atoms in total. The third-order valence-corrected chi connectivity index (χ3v) is 2.82. The van der Waals surface area contributed by atoms with Crippen LogP contribution in [0.1, 0.15) is 11.1 Å². The predicted octanol–water partition coefficient (Wildman–Crippen LogP) is 0.789.